The van der Waals surface area contributed by atoms with Gasteiger partial charge >= 0.3 is 11.8 Å². The molecule has 0 spiro atoms. The maximum atomic E-state index is 12.1. The Kier molecular flexibility index (Phi) is 6.29. The van der Waals surface area contributed by atoms with Crippen molar-refractivity contribution in [1.82, 2.24) is 9.78 Å². The first-order valence-electron chi connectivity index (χ1n) is 7.69. The number of ether oxygens (including phenoxy) is 1. The molecule has 2 aromatic rings. The SMILES string of the molecule is COC(=O)c1ccccc1NC(=O)CCCn1nc([N+](=O)[O-])c(Cl)c1C. The Morgan fingerprint density at radius 3 is 2.69 bits per heavy atom. The molecule has 10 heteroatoms. The van der Waals surface area contributed by atoms with Gasteiger partial charge in [0.25, 0.3) is 0 Å². The lowest BCUT2D eigenvalue weighted by molar-refractivity contribution is -0.389. The van der Waals surface area contributed by atoms with E-state index in [1.807, 2.05) is 0 Å². The molecule has 0 bridgehead atoms. The number of methoxy groups -OCH3 is 1. The van der Waals surface area contributed by atoms with E-state index in [9.17, 15) is 19.7 Å². The van der Waals surface area contributed by atoms with Crippen LogP contribution < -0.4 is 5.32 Å². The first-order valence-corrected chi connectivity index (χ1v) is 8.07. The van der Waals surface area contributed by atoms with Crippen molar-refractivity contribution >= 4 is 35.0 Å². The zero-order valence-electron chi connectivity index (χ0n) is 14.2. The fourth-order valence-electron chi connectivity index (χ4n) is 2.32. The normalized spacial score (nSPS) is 10.4. The van der Waals surface area contributed by atoms with Gasteiger partial charge in [-0.3, -0.25) is 4.79 Å². The molecular weight excluding hydrogens is 364 g/mol. The van der Waals surface area contributed by atoms with Gasteiger partial charge < -0.3 is 20.2 Å². The lowest BCUT2D eigenvalue weighted by Gasteiger charge is -2.09. The highest BCUT2D eigenvalue weighted by Crippen LogP contribution is 2.26. The minimum Gasteiger partial charge on any atom is -0.465 e. The number of hydrogen-bond donors (Lipinski definition) is 1. The molecule has 1 aromatic heterocycles. The van der Waals surface area contributed by atoms with Crippen molar-refractivity contribution in [2.75, 3.05) is 12.4 Å². The minimum absolute atomic E-state index is 0.00791. The minimum atomic E-state index is -0.651. The summed E-state index contributed by atoms with van der Waals surface area (Å²) in [5, 5.41) is 17.3. The average Bonchev–Trinajstić information content (AvgIpc) is 2.90. The Bertz CT molecular complexity index is 849. The molecular formula is C16H17ClN4O5. The molecule has 0 unspecified atom stereocenters. The van der Waals surface area contributed by atoms with E-state index in [0.29, 0.717) is 24.3 Å². The van der Waals surface area contributed by atoms with Gasteiger partial charge in [0.15, 0.2) is 5.02 Å². The molecule has 0 atom stereocenters. The predicted molar refractivity (Wildman–Crippen MR) is 94.3 cm³/mol. The smallest absolute Gasteiger partial charge is 0.408 e. The van der Waals surface area contributed by atoms with Crippen LogP contribution in [0.25, 0.3) is 0 Å². The van der Waals surface area contributed by atoms with Gasteiger partial charge in [-0.05, 0) is 30.4 Å². The van der Waals surface area contributed by atoms with E-state index in [2.05, 4.69) is 15.2 Å². The van der Waals surface area contributed by atoms with Crippen LogP contribution in [-0.4, -0.2) is 33.7 Å². The molecule has 0 aliphatic rings. The monoisotopic (exact) mass is 380 g/mol. The molecule has 138 valence electrons. The number of amides is 1. The quantitative estimate of drug-likeness (QED) is 0.448. The summed E-state index contributed by atoms with van der Waals surface area (Å²) in [6, 6.07) is 6.51. The van der Waals surface area contributed by atoms with E-state index in [-0.39, 0.29) is 22.9 Å². The van der Waals surface area contributed by atoms with Gasteiger partial charge in [-0.1, -0.05) is 23.7 Å². The standard InChI is InChI=1S/C16H17ClN4O5/c1-10-14(17)15(21(24)25)19-20(10)9-5-8-13(22)18-12-7-4-3-6-11(12)16(23)26-2/h3-4,6-7H,5,8-9H2,1-2H3,(H,18,22). The van der Waals surface area contributed by atoms with Crippen LogP contribution in [0.15, 0.2) is 24.3 Å². The maximum Gasteiger partial charge on any atom is 0.408 e. The molecule has 0 aliphatic heterocycles. The van der Waals surface area contributed by atoms with Crippen molar-refractivity contribution < 1.29 is 19.2 Å². The largest absolute Gasteiger partial charge is 0.465 e. The number of benzene rings is 1. The van der Waals surface area contributed by atoms with Crippen LogP contribution in [0.3, 0.4) is 0 Å². The number of para-hydroxylation sites is 1. The Morgan fingerprint density at radius 2 is 2.08 bits per heavy atom. The Morgan fingerprint density at radius 1 is 1.38 bits per heavy atom. The molecule has 1 N–H and O–H groups in total. The Balaban J connectivity index is 1.96. The number of nitrogens with zero attached hydrogens (tertiary/aromatic N) is 3. The molecule has 1 aromatic carbocycles. The van der Waals surface area contributed by atoms with Crippen LogP contribution in [0.1, 0.15) is 28.9 Å². The zero-order chi connectivity index (χ0) is 19.3. The fourth-order valence-corrected chi connectivity index (χ4v) is 2.53. The van der Waals surface area contributed by atoms with Gasteiger partial charge in [0.1, 0.15) is 0 Å². The molecule has 26 heavy (non-hydrogen) atoms. The molecule has 1 heterocycles. The third-order valence-corrected chi connectivity index (χ3v) is 4.11. The van der Waals surface area contributed by atoms with Gasteiger partial charge in [-0.25, -0.2) is 4.79 Å². The van der Waals surface area contributed by atoms with Gasteiger partial charge in [0.2, 0.25) is 5.91 Å². The molecule has 0 radical (unpaired) electrons. The lowest BCUT2D eigenvalue weighted by atomic mass is 10.1. The van der Waals surface area contributed by atoms with Crippen LogP contribution in [0, 0.1) is 17.0 Å². The summed E-state index contributed by atoms with van der Waals surface area (Å²) >= 11 is 5.87. The number of carbonyl (C=O) groups is 2. The van der Waals surface area contributed by atoms with Crippen LogP contribution in [0.4, 0.5) is 11.5 Å². The molecule has 0 saturated carbocycles. The van der Waals surface area contributed by atoms with Gasteiger partial charge in [-0.15, -0.1) is 0 Å². The molecule has 9 nitrogen and oxygen atoms in total. The number of carbonyl (C=O) groups excluding carboxylic acids is 2. The van der Waals surface area contributed by atoms with Crippen molar-refractivity contribution in [3.05, 3.63) is 50.7 Å². The first kappa shape index (κ1) is 19.4. The van der Waals surface area contributed by atoms with Crippen molar-refractivity contribution in [2.24, 2.45) is 0 Å². The molecule has 0 saturated heterocycles. The van der Waals surface area contributed by atoms with E-state index >= 15 is 0 Å². The summed E-state index contributed by atoms with van der Waals surface area (Å²) in [5.41, 5.74) is 1.08. The summed E-state index contributed by atoms with van der Waals surface area (Å²) in [5.74, 6) is -1.25. The van der Waals surface area contributed by atoms with Crippen LogP contribution in [-0.2, 0) is 16.1 Å². The van der Waals surface area contributed by atoms with Crippen LogP contribution in [0.5, 0.6) is 0 Å². The summed E-state index contributed by atoms with van der Waals surface area (Å²) in [7, 11) is 1.26. The number of aromatic nitrogens is 2. The van der Waals surface area contributed by atoms with Crippen molar-refractivity contribution in [2.45, 2.75) is 26.3 Å². The third-order valence-electron chi connectivity index (χ3n) is 3.67. The highest BCUT2D eigenvalue weighted by molar-refractivity contribution is 6.33. The second-order valence-electron chi connectivity index (χ2n) is 5.39. The Hall–Kier alpha value is -2.94. The summed E-state index contributed by atoms with van der Waals surface area (Å²) in [6.07, 6.45) is 0.530. The van der Waals surface area contributed by atoms with E-state index in [1.54, 1.807) is 31.2 Å². The van der Waals surface area contributed by atoms with Crippen LogP contribution >= 0.6 is 11.6 Å². The third kappa shape index (κ3) is 4.37. The lowest BCUT2D eigenvalue weighted by Crippen LogP contribution is -2.16. The molecule has 0 aliphatic carbocycles. The number of aryl methyl sites for hydroxylation is 1. The number of nitro groups is 1. The summed E-state index contributed by atoms with van der Waals surface area (Å²) in [6.45, 7) is 1.92. The number of rotatable bonds is 7. The summed E-state index contributed by atoms with van der Waals surface area (Å²) in [4.78, 5) is 34.0. The molecule has 0 fully saturated rings. The molecule has 2 rings (SSSR count). The number of nitrogens with one attached hydrogen (secondary N) is 1. The van der Waals surface area contributed by atoms with Crippen LogP contribution in [0.2, 0.25) is 5.02 Å². The van der Waals surface area contributed by atoms with Gasteiger partial charge in [0.05, 0.1) is 35.7 Å². The maximum absolute atomic E-state index is 12.1. The second-order valence-corrected chi connectivity index (χ2v) is 5.77. The number of esters is 1. The topological polar surface area (TPSA) is 116 Å². The van der Waals surface area contributed by atoms with E-state index < -0.39 is 16.7 Å². The number of hydrogen-bond acceptors (Lipinski definition) is 6. The van der Waals surface area contributed by atoms with Gasteiger partial charge in [-0.2, -0.15) is 4.68 Å². The highest BCUT2D eigenvalue weighted by atomic mass is 35.5. The summed E-state index contributed by atoms with van der Waals surface area (Å²) < 4.78 is 6.07. The van der Waals surface area contributed by atoms with E-state index in [0.717, 1.165) is 0 Å². The highest BCUT2D eigenvalue weighted by Gasteiger charge is 2.23. The zero-order valence-corrected chi connectivity index (χ0v) is 14.9. The van der Waals surface area contributed by atoms with Gasteiger partial charge in [0, 0.05) is 6.42 Å². The average molecular weight is 381 g/mol. The fraction of sp³-hybridized carbons (Fsp3) is 0.312. The van der Waals surface area contributed by atoms with Crippen molar-refractivity contribution in [1.29, 1.82) is 0 Å². The molecule has 1 amide bonds. The van der Waals surface area contributed by atoms with Crippen molar-refractivity contribution in [3.8, 4) is 0 Å². The van der Waals surface area contributed by atoms with E-state index in [1.165, 1.54) is 11.8 Å². The predicted octanol–water partition coefficient (Wildman–Crippen LogP) is 2.96. The number of halogens is 1. The van der Waals surface area contributed by atoms with Crippen molar-refractivity contribution in [3.63, 3.8) is 0 Å². The first-order chi connectivity index (χ1) is 12.3. The second kappa shape index (κ2) is 8.43. The van der Waals surface area contributed by atoms with E-state index in [4.69, 9.17) is 11.6 Å². The number of anilines is 1. The Labute approximate surface area is 154 Å².